The van der Waals surface area contributed by atoms with Crippen LogP contribution < -0.4 is 0 Å². The minimum absolute atomic E-state index is 0.116. The van der Waals surface area contributed by atoms with Gasteiger partial charge in [0.25, 0.3) is 0 Å². The fraction of sp³-hybridized carbons (Fsp3) is 0.333. The van der Waals surface area contributed by atoms with Crippen LogP contribution >= 0.6 is 23.2 Å². The lowest BCUT2D eigenvalue weighted by Gasteiger charge is -2.33. The predicted molar refractivity (Wildman–Crippen MR) is 101 cm³/mol. The first-order valence-electron chi connectivity index (χ1n) is 7.67. The lowest BCUT2D eigenvalue weighted by molar-refractivity contribution is -0.562. The molecule has 27 heavy (non-hydrogen) atoms. The Labute approximate surface area is 165 Å². The third-order valence-electron chi connectivity index (χ3n) is 3.99. The third kappa shape index (κ3) is 3.77. The van der Waals surface area contributed by atoms with E-state index >= 15 is 0 Å². The molecule has 0 aromatic carbocycles. The van der Waals surface area contributed by atoms with Crippen LogP contribution in [0.1, 0.15) is 13.8 Å². The molecule has 0 radical (unpaired) electrons. The number of ether oxygens (including phenoxy) is 1. The van der Waals surface area contributed by atoms with Crippen LogP contribution in [0.2, 0.25) is 0 Å². The number of rotatable bonds is 4. The minimum atomic E-state index is -1.98. The zero-order valence-corrected chi connectivity index (χ0v) is 15.8. The zero-order valence-electron chi connectivity index (χ0n) is 14.3. The molecule has 2 rings (SSSR count). The van der Waals surface area contributed by atoms with E-state index in [4.69, 9.17) is 27.9 Å². The van der Waals surface area contributed by atoms with Gasteiger partial charge in [0.15, 0.2) is 12.2 Å². The number of nitro groups is 2. The Morgan fingerprint density at radius 3 is 1.59 bits per heavy atom. The summed E-state index contributed by atoms with van der Waals surface area (Å²) < 4.78 is 5.82. The zero-order chi connectivity index (χ0) is 20.2. The van der Waals surface area contributed by atoms with Gasteiger partial charge in [-0.15, -0.1) is 0 Å². The summed E-state index contributed by atoms with van der Waals surface area (Å²) in [6, 6.07) is 0. The van der Waals surface area contributed by atoms with Gasteiger partial charge in [0.1, 0.15) is 0 Å². The average molecular weight is 409 g/mol. The molecule has 2 aliphatic rings. The second-order valence-electron chi connectivity index (χ2n) is 5.67. The lowest BCUT2D eigenvalue weighted by Crippen LogP contribution is -2.55. The average Bonchev–Trinajstić information content (AvgIpc) is 2.59. The SMILES string of the molecule is CC#CC1([N+](=O)[O-])C=C(Cl)C=CC1OC1C=CC(Cl)=CC1(C#CC)[N+](=O)[O-]. The van der Waals surface area contributed by atoms with Gasteiger partial charge >= 0.3 is 11.1 Å². The summed E-state index contributed by atoms with van der Waals surface area (Å²) in [6.07, 6.45) is 5.39. The number of nitrogens with zero attached hydrogens (tertiary/aromatic N) is 2. The van der Waals surface area contributed by atoms with Gasteiger partial charge in [-0.05, 0) is 50.0 Å². The van der Waals surface area contributed by atoms with E-state index in [-0.39, 0.29) is 10.1 Å². The molecular formula is C18H14Cl2N2O5. The van der Waals surface area contributed by atoms with Gasteiger partial charge in [0.2, 0.25) is 0 Å². The number of allylic oxidation sites excluding steroid dienone is 4. The maximum atomic E-state index is 11.8. The van der Waals surface area contributed by atoms with E-state index in [1.54, 1.807) is 0 Å². The summed E-state index contributed by atoms with van der Waals surface area (Å²) in [4.78, 5) is 22.4. The monoisotopic (exact) mass is 408 g/mol. The summed E-state index contributed by atoms with van der Waals surface area (Å²) in [7, 11) is 0. The molecule has 4 unspecified atom stereocenters. The van der Waals surface area contributed by atoms with Crippen molar-refractivity contribution in [1.82, 2.24) is 0 Å². The molecule has 2 aliphatic carbocycles. The van der Waals surface area contributed by atoms with Crippen LogP contribution in [0.5, 0.6) is 0 Å². The maximum absolute atomic E-state index is 11.8. The van der Waals surface area contributed by atoms with Gasteiger partial charge in [0, 0.05) is 32.1 Å². The standard InChI is InChI=1S/C18H14Cl2N2O5/c1-3-9-17(21(23)24)11-13(19)5-7-15(17)27-16-8-6-14(20)12-18(16,10-4-2)22(25)26/h5-8,11-12,15-16H,1-2H3. The maximum Gasteiger partial charge on any atom is 0.330 e. The van der Waals surface area contributed by atoms with Crippen molar-refractivity contribution in [2.45, 2.75) is 37.1 Å². The molecule has 0 aliphatic heterocycles. The smallest absolute Gasteiger partial charge is 0.330 e. The van der Waals surface area contributed by atoms with Crippen molar-refractivity contribution in [3.63, 3.8) is 0 Å². The first kappa shape index (κ1) is 20.7. The first-order valence-corrected chi connectivity index (χ1v) is 8.43. The summed E-state index contributed by atoms with van der Waals surface area (Å²) in [5.74, 6) is 10.0. The summed E-state index contributed by atoms with van der Waals surface area (Å²) in [6.45, 7) is 2.88. The van der Waals surface area contributed by atoms with Crippen LogP contribution in [0, 0.1) is 43.9 Å². The Hall–Kier alpha value is -2.58. The van der Waals surface area contributed by atoms with Gasteiger partial charge in [-0.2, -0.15) is 0 Å². The van der Waals surface area contributed by atoms with Crippen LogP contribution in [0.25, 0.3) is 0 Å². The Morgan fingerprint density at radius 2 is 1.30 bits per heavy atom. The van der Waals surface area contributed by atoms with Crippen LogP contribution in [0.3, 0.4) is 0 Å². The fourth-order valence-corrected chi connectivity index (χ4v) is 3.29. The fourth-order valence-electron chi connectivity index (χ4n) is 2.81. The van der Waals surface area contributed by atoms with Gasteiger partial charge in [0.05, 0.1) is 0 Å². The largest absolute Gasteiger partial charge is 0.349 e. The lowest BCUT2D eigenvalue weighted by atomic mass is 9.86. The Bertz CT molecular complexity index is 842. The van der Waals surface area contributed by atoms with E-state index in [2.05, 4.69) is 23.7 Å². The van der Waals surface area contributed by atoms with Gasteiger partial charge in [-0.1, -0.05) is 35.0 Å². The molecule has 4 atom stereocenters. The van der Waals surface area contributed by atoms with E-state index in [1.165, 1.54) is 38.2 Å². The molecule has 0 bridgehead atoms. The molecule has 0 N–H and O–H groups in total. The van der Waals surface area contributed by atoms with Crippen LogP contribution in [0.4, 0.5) is 0 Å². The normalized spacial score (nSPS) is 31.6. The number of hydrogen-bond donors (Lipinski definition) is 0. The Kier molecular flexibility index (Phi) is 6.12. The van der Waals surface area contributed by atoms with E-state index in [1.807, 2.05) is 0 Å². The van der Waals surface area contributed by atoms with Crippen molar-refractivity contribution in [3.8, 4) is 23.7 Å². The molecule has 0 aromatic heterocycles. The van der Waals surface area contributed by atoms with Crippen molar-refractivity contribution in [2.24, 2.45) is 0 Å². The molecule has 0 fully saturated rings. The highest BCUT2D eigenvalue weighted by atomic mass is 35.5. The molecule has 0 spiro atoms. The highest BCUT2D eigenvalue weighted by Gasteiger charge is 2.55. The second-order valence-corrected chi connectivity index (χ2v) is 6.54. The van der Waals surface area contributed by atoms with Crippen LogP contribution in [-0.4, -0.2) is 33.1 Å². The number of hydrogen-bond acceptors (Lipinski definition) is 5. The molecule has 0 heterocycles. The molecular weight excluding hydrogens is 395 g/mol. The van der Waals surface area contributed by atoms with E-state index in [9.17, 15) is 20.2 Å². The molecule has 0 aromatic rings. The third-order valence-corrected chi connectivity index (χ3v) is 4.46. The minimum Gasteiger partial charge on any atom is -0.349 e. The second kappa shape index (κ2) is 7.98. The molecule has 140 valence electrons. The molecule has 0 amide bonds. The van der Waals surface area contributed by atoms with Crippen molar-refractivity contribution >= 4 is 23.2 Å². The van der Waals surface area contributed by atoms with E-state index < -0.39 is 33.1 Å². The van der Waals surface area contributed by atoms with Crippen molar-refractivity contribution in [1.29, 1.82) is 0 Å². The quantitative estimate of drug-likeness (QED) is 0.404. The Balaban J connectivity index is 2.54. The summed E-state index contributed by atoms with van der Waals surface area (Å²) in [5.41, 5.74) is -3.97. The van der Waals surface area contributed by atoms with Gasteiger partial charge in [-0.25, -0.2) is 0 Å². The van der Waals surface area contributed by atoms with Crippen molar-refractivity contribution in [2.75, 3.05) is 0 Å². The summed E-state index contributed by atoms with van der Waals surface area (Å²) >= 11 is 11.9. The van der Waals surface area contributed by atoms with E-state index in [0.717, 1.165) is 12.2 Å². The molecule has 0 saturated carbocycles. The van der Waals surface area contributed by atoms with Crippen molar-refractivity contribution in [3.05, 3.63) is 66.7 Å². The van der Waals surface area contributed by atoms with Crippen LogP contribution in [-0.2, 0) is 4.74 Å². The molecule has 0 saturated heterocycles. The highest BCUT2D eigenvalue weighted by Crippen LogP contribution is 2.35. The molecule has 9 heteroatoms. The molecule has 7 nitrogen and oxygen atoms in total. The predicted octanol–water partition coefficient (Wildman–Crippen LogP) is 3.20. The Morgan fingerprint density at radius 1 is 0.926 bits per heavy atom. The van der Waals surface area contributed by atoms with E-state index in [0.29, 0.717) is 0 Å². The van der Waals surface area contributed by atoms with Gasteiger partial charge < -0.3 is 4.74 Å². The number of halogens is 2. The van der Waals surface area contributed by atoms with Gasteiger partial charge in [-0.3, -0.25) is 20.2 Å². The topological polar surface area (TPSA) is 95.5 Å². The van der Waals surface area contributed by atoms with Crippen molar-refractivity contribution < 1.29 is 14.6 Å². The van der Waals surface area contributed by atoms with Crippen LogP contribution in [0.15, 0.2) is 46.5 Å². The highest BCUT2D eigenvalue weighted by molar-refractivity contribution is 6.31. The summed E-state index contributed by atoms with van der Waals surface area (Å²) in [5, 5.41) is 23.9. The first-order chi connectivity index (χ1) is 12.7.